The summed E-state index contributed by atoms with van der Waals surface area (Å²) in [5, 5.41) is 4.21. The van der Waals surface area contributed by atoms with Gasteiger partial charge in [0.05, 0.1) is 10.3 Å². The molecule has 0 radical (unpaired) electrons. The van der Waals surface area contributed by atoms with E-state index in [4.69, 9.17) is 0 Å². The number of benzene rings is 4. The van der Waals surface area contributed by atoms with Gasteiger partial charge in [0.15, 0.2) is 12.7 Å². The Bertz CT molecular complexity index is 1820. The van der Waals surface area contributed by atoms with Crippen molar-refractivity contribution in [3.8, 4) is 0 Å². The van der Waals surface area contributed by atoms with Crippen LogP contribution in [0.3, 0.4) is 0 Å². The van der Waals surface area contributed by atoms with E-state index in [-0.39, 0.29) is 5.54 Å². The zero-order chi connectivity index (χ0) is 29.6. The summed E-state index contributed by atoms with van der Waals surface area (Å²) in [5.41, 5.74) is 5.53. The third kappa shape index (κ3) is 4.31. The number of hydrogen-bond acceptors (Lipinski definition) is 2. The highest BCUT2D eigenvalue weighted by molar-refractivity contribution is 8.08. The zero-order valence-electron chi connectivity index (χ0n) is 25.2. The predicted molar refractivity (Wildman–Crippen MR) is 184 cm³/mol. The Labute approximate surface area is 260 Å². The van der Waals surface area contributed by atoms with Crippen LogP contribution in [0, 0.1) is 5.92 Å². The quantitative estimate of drug-likeness (QED) is 0.137. The summed E-state index contributed by atoms with van der Waals surface area (Å²) < 4.78 is 18.3. The van der Waals surface area contributed by atoms with Crippen molar-refractivity contribution in [1.82, 2.24) is 0 Å². The Balaban J connectivity index is 1.50. The second kappa shape index (κ2) is 11.3. The van der Waals surface area contributed by atoms with Crippen LogP contribution in [0.15, 0.2) is 127 Å². The summed E-state index contributed by atoms with van der Waals surface area (Å²) in [6, 6.07) is 42.3. The van der Waals surface area contributed by atoms with E-state index in [9.17, 15) is 0 Å². The van der Waals surface area contributed by atoms with Crippen LogP contribution in [-0.2, 0) is 10.1 Å². The van der Waals surface area contributed by atoms with Crippen LogP contribution in [0.2, 0.25) is 0 Å². The molecule has 4 aromatic carbocycles. The molecule has 1 aromatic heterocycles. The molecule has 2 atom stereocenters. The summed E-state index contributed by atoms with van der Waals surface area (Å²) in [6.45, 7) is 7.11. The number of aromatic nitrogens is 1. The molecule has 2 aliphatic rings. The minimum atomic E-state index is -3.14. The third-order valence-electron chi connectivity index (χ3n) is 10.0. The molecule has 7 rings (SSSR count). The van der Waals surface area contributed by atoms with Crippen molar-refractivity contribution in [3.05, 3.63) is 138 Å². The second-order valence-electron chi connectivity index (χ2n) is 11.9. The third-order valence-corrected chi connectivity index (χ3v) is 14.6. The molecule has 43 heavy (non-hydrogen) atoms. The van der Waals surface area contributed by atoms with Gasteiger partial charge < -0.3 is 4.57 Å². The van der Waals surface area contributed by atoms with E-state index in [1.165, 1.54) is 21.7 Å². The monoisotopic (exact) mass is 600 g/mol. The maximum Gasteiger partial charge on any atom is 0.219 e. The molecule has 0 spiro atoms. The molecular weight excluding hydrogens is 561 g/mol. The Hall–Kier alpha value is -3.39. The highest BCUT2D eigenvalue weighted by atomic mass is 32.2. The topological polar surface area (TPSA) is 20.9 Å². The molecule has 5 aromatic rings. The molecule has 216 valence electrons. The summed E-state index contributed by atoms with van der Waals surface area (Å²) in [5.74, 6) is 0.459. The molecule has 0 fully saturated rings. The summed E-state index contributed by atoms with van der Waals surface area (Å²) in [4.78, 5) is 1.46. The summed E-state index contributed by atoms with van der Waals surface area (Å²) >= 11 is 2.05. The normalized spacial score (nSPS) is 19.3. The molecule has 0 bridgehead atoms. The van der Waals surface area contributed by atoms with Gasteiger partial charge >= 0.3 is 0 Å². The lowest BCUT2D eigenvalue weighted by Gasteiger charge is -2.40. The van der Waals surface area contributed by atoms with Crippen LogP contribution in [0.25, 0.3) is 15.8 Å². The number of rotatable bonds is 7. The van der Waals surface area contributed by atoms with Crippen LogP contribution in [0.1, 0.15) is 63.0 Å². The highest BCUT2D eigenvalue weighted by Gasteiger charge is 2.54. The molecule has 4 heteroatoms. The summed E-state index contributed by atoms with van der Waals surface area (Å²) in [6.07, 6.45) is 4.32. The number of pyridine rings is 1. The first-order valence-corrected chi connectivity index (χ1v) is 18.3. The van der Waals surface area contributed by atoms with Gasteiger partial charge in [-0.15, -0.1) is 11.8 Å². The first-order valence-electron chi connectivity index (χ1n) is 15.7. The number of fused-ring (bicyclic) bond motifs is 4. The fourth-order valence-corrected chi connectivity index (χ4v) is 12.4. The molecule has 0 amide bonds. The SMILES string of the molecule is CCC1C2=C(SC(c3ccccc3)C2)c2ccc3c(P(=O)(c4ccccc4)c4ccccc4)cccc3[n+]2C1(CC)CC. The van der Waals surface area contributed by atoms with Crippen molar-refractivity contribution in [2.75, 3.05) is 0 Å². The summed E-state index contributed by atoms with van der Waals surface area (Å²) in [7, 11) is -3.14. The fraction of sp³-hybridized carbons (Fsp3) is 0.256. The van der Waals surface area contributed by atoms with Crippen LogP contribution >= 0.6 is 18.9 Å². The predicted octanol–water partition coefficient (Wildman–Crippen LogP) is 8.91. The lowest BCUT2D eigenvalue weighted by molar-refractivity contribution is -0.754. The van der Waals surface area contributed by atoms with Crippen LogP contribution in [-0.4, -0.2) is 0 Å². The zero-order valence-corrected chi connectivity index (χ0v) is 27.0. The molecule has 0 N–H and O–H groups in total. The van der Waals surface area contributed by atoms with E-state index in [0.717, 1.165) is 47.0 Å². The molecule has 2 nitrogen and oxygen atoms in total. The van der Waals surface area contributed by atoms with Crippen molar-refractivity contribution >= 4 is 50.6 Å². The molecule has 2 aliphatic heterocycles. The Morgan fingerprint density at radius 3 is 1.93 bits per heavy atom. The Morgan fingerprint density at radius 2 is 1.35 bits per heavy atom. The average Bonchev–Trinajstić information content (AvgIpc) is 3.53. The van der Waals surface area contributed by atoms with E-state index in [0.29, 0.717) is 11.2 Å². The Morgan fingerprint density at radius 1 is 0.744 bits per heavy atom. The molecule has 0 saturated carbocycles. The van der Waals surface area contributed by atoms with Gasteiger partial charge in [-0.1, -0.05) is 118 Å². The molecule has 2 unspecified atom stereocenters. The van der Waals surface area contributed by atoms with Gasteiger partial charge in [-0.25, -0.2) is 0 Å². The number of allylic oxidation sites excluding steroid dienone is 1. The number of nitrogens with zero attached hydrogens (tertiary/aromatic N) is 1. The van der Waals surface area contributed by atoms with Crippen molar-refractivity contribution in [2.45, 2.75) is 57.2 Å². The van der Waals surface area contributed by atoms with E-state index in [1.807, 2.05) is 72.4 Å². The lowest BCUT2D eigenvalue weighted by Crippen LogP contribution is -2.64. The van der Waals surface area contributed by atoms with Gasteiger partial charge in [-0.2, -0.15) is 4.57 Å². The largest absolute Gasteiger partial charge is 0.309 e. The number of hydrogen-bond donors (Lipinski definition) is 0. The van der Waals surface area contributed by atoms with E-state index >= 15 is 4.57 Å². The standard InChI is InChI=1S/C39H39NOPS/c1-4-33-32-27-37(28-17-10-7-11-18-28)43-38(32)35-26-25-31-34(40(35)39(33,5-2)6-3)23-16-24-36(31)42(41,29-19-12-8-13-20-29)30-21-14-9-15-22-30/h7-26,33,37H,4-6,27H2,1-3H3/q+1. The molecule has 3 heterocycles. The van der Waals surface area contributed by atoms with Crippen molar-refractivity contribution in [2.24, 2.45) is 5.92 Å². The van der Waals surface area contributed by atoms with E-state index in [1.54, 1.807) is 5.57 Å². The fourth-order valence-electron chi connectivity index (χ4n) is 8.00. The van der Waals surface area contributed by atoms with Gasteiger partial charge in [0.25, 0.3) is 0 Å². The average molecular weight is 601 g/mol. The van der Waals surface area contributed by atoms with Gasteiger partial charge in [0, 0.05) is 52.1 Å². The smallest absolute Gasteiger partial charge is 0.219 e. The van der Waals surface area contributed by atoms with Crippen molar-refractivity contribution in [3.63, 3.8) is 0 Å². The van der Waals surface area contributed by atoms with Gasteiger partial charge in [-0.3, -0.25) is 0 Å². The first-order chi connectivity index (χ1) is 21.1. The maximum absolute atomic E-state index is 15.6. The van der Waals surface area contributed by atoms with E-state index in [2.05, 4.69) is 86.0 Å². The van der Waals surface area contributed by atoms with E-state index < -0.39 is 7.14 Å². The minimum absolute atomic E-state index is 0.0450. The first kappa shape index (κ1) is 28.4. The van der Waals surface area contributed by atoms with Crippen molar-refractivity contribution < 1.29 is 9.13 Å². The van der Waals surface area contributed by atoms with Crippen LogP contribution in [0.5, 0.6) is 0 Å². The Kier molecular flexibility index (Phi) is 7.44. The maximum atomic E-state index is 15.6. The lowest BCUT2D eigenvalue weighted by atomic mass is 9.69. The van der Waals surface area contributed by atoms with Crippen LogP contribution < -0.4 is 20.5 Å². The molecule has 0 aliphatic carbocycles. The minimum Gasteiger partial charge on any atom is -0.309 e. The highest BCUT2D eigenvalue weighted by Crippen LogP contribution is 2.59. The molecular formula is C39H39NOPS+. The van der Waals surface area contributed by atoms with Gasteiger partial charge in [-0.05, 0) is 36.1 Å². The number of thioether (sulfide) groups is 1. The molecule has 0 saturated heterocycles. The van der Waals surface area contributed by atoms with Gasteiger partial charge in [0.1, 0.15) is 0 Å². The van der Waals surface area contributed by atoms with Crippen LogP contribution in [0.4, 0.5) is 0 Å². The second-order valence-corrected chi connectivity index (χ2v) is 15.8. The van der Waals surface area contributed by atoms with Crippen molar-refractivity contribution in [1.29, 1.82) is 0 Å². The van der Waals surface area contributed by atoms with Gasteiger partial charge in [0.2, 0.25) is 11.2 Å².